The van der Waals surface area contributed by atoms with Crippen molar-refractivity contribution in [3.05, 3.63) is 28.3 Å². The topological polar surface area (TPSA) is 58.2 Å². The van der Waals surface area contributed by atoms with Gasteiger partial charge >= 0.3 is 0 Å². The SMILES string of the molecule is Cc1cc(C)c(C)c(S(=O)(=O)NCCCNC2CC2)c1C. The molecule has 4 nitrogen and oxygen atoms in total. The predicted octanol–water partition coefficient (Wildman–Crippen LogP) is 2.34. The van der Waals surface area contributed by atoms with Crippen LogP contribution in [-0.4, -0.2) is 27.5 Å². The maximum absolute atomic E-state index is 12.6. The van der Waals surface area contributed by atoms with Gasteiger partial charge in [-0.2, -0.15) is 0 Å². The van der Waals surface area contributed by atoms with Gasteiger partial charge in [-0.3, -0.25) is 0 Å². The maximum Gasteiger partial charge on any atom is 0.241 e. The van der Waals surface area contributed by atoms with E-state index >= 15 is 0 Å². The van der Waals surface area contributed by atoms with Gasteiger partial charge in [-0.1, -0.05) is 6.07 Å². The van der Waals surface area contributed by atoms with Crippen molar-refractivity contribution in [3.63, 3.8) is 0 Å². The zero-order chi connectivity index (χ0) is 15.6. The second kappa shape index (κ2) is 6.46. The Morgan fingerprint density at radius 1 is 1.05 bits per heavy atom. The van der Waals surface area contributed by atoms with E-state index in [1.807, 2.05) is 33.8 Å². The molecule has 1 aliphatic carbocycles. The minimum absolute atomic E-state index is 0.454. The van der Waals surface area contributed by atoms with Crippen LogP contribution in [0.4, 0.5) is 0 Å². The maximum atomic E-state index is 12.6. The van der Waals surface area contributed by atoms with Crippen molar-refractivity contribution in [2.75, 3.05) is 13.1 Å². The fourth-order valence-electron chi connectivity index (χ4n) is 2.54. The summed E-state index contributed by atoms with van der Waals surface area (Å²) in [5, 5.41) is 3.39. The Kier molecular flexibility index (Phi) is 5.07. The molecule has 0 atom stereocenters. The zero-order valence-electron chi connectivity index (χ0n) is 13.4. The van der Waals surface area contributed by atoms with Crippen molar-refractivity contribution < 1.29 is 8.42 Å². The Morgan fingerprint density at radius 2 is 1.62 bits per heavy atom. The van der Waals surface area contributed by atoms with Gasteiger partial charge in [-0.05, 0) is 75.8 Å². The first kappa shape index (κ1) is 16.5. The molecule has 0 heterocycles. The predicted molar refractivity (Wildman–Crippen MR) is 86.2 cm³/mol. The summed E-state index contributed by atoms with van der Waals surface area (Å²) in [6, 6.07) is 2.72. The molecule has 2 N–H and O–H groups in total. The lowest BCUT2D eigenvalue weighted by Crippen LogP contribution is -2.29. The molecule has 0 spiro atoms. The van der Waals surface area contributed by atoms with Gasteiger partial charge in [0.15, 0.2) is 0 Å². The van der Waals surface area contributed by atoms with Crippen LogP contribution in [0.1, 0.15) is 41.5 Å². The smallest absolute Gasteiger partial charge is 0.241 e. The molecule has 0 amide bonds. The molecule has 0 aromatic heterocycles. The third-order valence-electron chi connectivity index (χ3n) is 4.22. The van der Waals surface area contributed by atoms with Crippen LogP contribution in [0.2, 0.25) is 0 Å². The number of aryl methyl sites for hydroxylation is 2. The first-order chi connectivity index (χ1) is 9.83. The van der Waals surface area contributed by atoms with E-state index in [4.69, 9.17) is 0 Å². The van der Waals surface area contributed by atoms with Gasteiger partial charge in [0.1, 0.15) is 0 Å². The van der Waals surface area contributed by atoms with Gasteiger partial charge in [0.2, 0.25) is 10.0 Å². The summed E-state index contributed by atoms with van der Waals surface area (Å²) in [4.78, 5) is 0.454. The summed E-state index contributed by atoms with van der Waals surface area (Å²) in [5.41, 5.74) is 3.74. The number of rotatable bonds is 7. The van der Waals surface area contributed by atoms with Crippen LogP contribution in [-0.2, 0) is 10.0 Å². The quantitative estimate of drug-likeness (QED) is 0.760. The van der Waals surface area contributed by atoms with E-state index < -0.39 is 10.0 Å². The molecule has 21 heavy (non-hydrogen) atoms. The van der Waals surface area contributed by atoms with E-state index in [2.05, 4.69) is 10.0 Å². The Bertz CT molecular complexity index is 593. The summed E-state index contributed by atoms with van der Waals surface area (Å²) in [5.74, 6) is 0. The molecule has 1 aromatic carbocycles. The standard InChI is InChI=1S/C16H26N2O2S/c1-11-10-12(2)14(4)16(13(11)3)21(19,20)18-9-5-8-17-15-6-7-15/h10,15,17-18H,5-9H2,1-4H3. The van der Waals surface area contributed by atoms with Gasteiger partial charge in [0.25, 0.3) is 0 Å². The summed E-state index contributed by atoms with van der Waals surface area (Å²) in [6.07, 6.45) is 3.33. The third-order valence-corrected chi connectivity index (χ3v) is 5.96. The molecular weight excluding hydrogens is 284 g/mol. The Balaban J connectivity index is 2.04. The fourth-order valence-corrected chi connectivity index (χ4v) is 4.23. The van der Waals surface area contributed by atoms with Gasteiger partial charge in [-0.15, -0.1) is 0 Å². The molecule has 1 fully saturated rings. The first-order valence-electron chi connectivity index (χ1n) is 7.63. The molecule has 1 saturated carbocycles. The molecule has 1 aliphatic rings. The van der Waals surface area contributed by atoms with Crippen molar-refractivity contribution in [1.82, 2.24) is 10.0 Å². The average molecular weight is 310 g/mol. The monoisotopic (exact) mass is 310 g/mol. The molecular formula is C16H26N2O2S. The Morgan fingerprint density at radius 3 is 2.14 bits per heavy atom. The summed E-state index contributed by atoms with van der Waals surface area (Å²) in [7, 11) is -3.43. The first-order valence-corrected chi connectivity index (χ1v) is 9.11. The molecule has 0 saturated heterocycles. The van der Waals surface area contributed by atoms with Crippen molar-refractivity contribution in [2.45, 2.75) is 57.9 Å². The number of hydrogen-bond donors (Lipinski definition) is 2. The van der Waals surface area contributed by atoms with Crippen LogP contribution < -0.4 is 10.0 Å². The number of hydrogen-bond acceptors (Lipinski definition) is 3. The Labute approximate surface area is 128 Å². The van der Waals surface area contributed by atoms with E-state index in [1.165, 1.54) is 12.8 Å². The summed E-state index contributed by atoms with van der Waals surface area (Å²) < 4.78 is 27.9. The second-order valence-corrected chi connectivity index (χ2v) is 7.77. The lowest BCUT2D eigenvalue weighted by molar-refractivity contribution is 0.572. The van der Waals surface area contributed by atoms with E-state index in [1.54, 1.807) is 0 Å². The van der Waals surface area contributed by atoms with E-state index in [9.17, 15) is 8.42 Å². The average Bonchev–Trinajstić information content (AvgIpc) is 3.20. The molecule has 1 aromatic rings. The van der Waals surface area contributed by atoms with Crippen molar-refractivity contribution in [1.29, 1.82) is 0 Å². The largest absolute Gasteiger partial charge is 0.314 e. The van der Waals surface area contributed by atoms with Gasteiger partial charge in [0.05, 0.1) is 4.90 Å². The van der Waals surface area contributed by atoms with E-state index in [-0.39, 0.29) is 0 Å². The molecule has 0 radical (unpaired) electrons. The summed E-state index contributed by atoms with van der Waals surface area (Å²) >= 11 is 0. The minimum Gasteiger partial charge on any atom is -0.314 e. The highest BCUT2D eigenvalue weighted by Crippen LogP contribution is 2.25. The molecule has 2 rings (SSSR count). The van der Waals surface area contributed by atoms with Crippen molar-refractivity contribution in [3.8, 4) is 0 Å². The van der Waals surface area contributed by atoms with Crippen LogP contribution in [0, 0.1) is 27.7 Å². The van der Waals surface area contributed by atoms with Gasteiger partial charge in [-0.25, -0.2) is 13.1 Å². The summed E-state index contributed by atoms with van der Waals surface area (Å²) in [6.45, 7) is 9.03. The minimum atomic E-state index is -3.43. The molecule has 118 valence electrons. The van der Waals surface area contributed by atoms with Gasteiger partial charge < -0.3 is 5.32 Å². The highest BCUT2D eigenvalue weighted by Gasteiger charge is 2.22. The van der Waals surface area contributed by atoms with Crippen LogP contribution in [0.3, 0.4) is 0 Å². The molecule has 0 bridgehead atoms. The second-order valence-electron chi connectivity index (χ2n) is 6.07. The molecule has 0 unspecified atom stereocenters. The number of sulfonamides is 1. The Hall–Kier alpha value is -0.910. The van der Waals surface area contributed by atoms with Crippen LogP contribution >= 0.6 is 0 Å². The third kappa shape index (κ3) is 4.05. The number of nitrogens with one attached hydrogen (secondary N) is 2. The highest BCUT2D eigenvalue weighted by molar-refractivity contribution is 7.89. The number of benzene rings is 1. The highest BCUT2D eigenvalue weighted by atomic mass is 32.2. The zero-order valence-corrected chi connectivity index (χ0v) is 14.2. The van der Waals surface area contributed by atoms with Crippen LogP contribution in [0.5, 0.6) is 0 Å². The van der Waals surface area contributed by atoms with Crippen molar-refractivity contribution in [2.24, 2.45) is 0 Å². The van der Waals surface area contributed by atoms with E-state index in [0.29, 0.717) is 17.5 Å². The molecule has 5 heteroatoms. The lowest BCUT2D eigenvalue weighted by Gasteiger charge is -2.16. The fraction of sp³-hybridized carbons (Fsp3) is 0.625. The molecule has 0 aliphatic heterocycles. The van der Waals surface area contributed by atoms with Crippen LogP contribution in [0.25, 0.3) is 0 Å². The van der Waals surface area contributed by atoms with Crippen molar-refractivity contribution >= 4 is 10.0 Å². The van der Waals surface area contributed by atoms with E-state index in [0.717, 1.165) is 35.2 Å². The van der Waals surface area contributed by atoms with Gasteiger partial charge in [0, 0.05) is 12.6 Å². The normalized spacial score (nSPS) is 15.4. The van der Waals surface area contributed by atoms with Crippen LogP contribution in [0.15, 0.2) is 11.0 Å². The lowest BCUT2D eigenvalue weighted by atomic mass is 10.0.